The summed E-state index contributed by atoms with van der Waals surface area (Å²) in [6, 6.07) is 12.9. The van der Waals surface area contributed by atoms with Crippen LogP contribution in [0, 0.1) is 0 Å². The van der Waals surface area contributed by atoms with E-state index in [-0.39, 0.29) is 0 Å². The van der Waals surface area contributed by atoms with Crippen molar-refractivity contribution in [2.45, 2.75) is 65.2 Å². The largest absolute Gasteiger partial charge is 0.494 e. The van der Waals surface area contributed by atoms with E-state index >= 15 is 0 Å². The maximum Gasteiger partial charge on any atom is 0.119 e. The Morgan fingerprint density at radius 3 is 2.21 bits per heavy atom. The summed E-state index contributed by atoms with van der Waals surface area (Å²) < 4.78 is 5.79. The molecule has 0 fully saturated rings. The first-order valence-electron chi connectivity index (χ1n) is 9.42. The smallest absolute Gasteiger partial charge is 0.119 e. The first kappa shape index (κ1) is 18.5. The van der Waals surface area contributed by atoms with Crippen molar-refractivity contribution < 1.29 is 4.74 Å². The van der Waals surface area contributed by atoms with Gasteiger partial charge in [-0.1, -0.05) is 58.2 Å². The maximum absolute atomic E-state index is 5.79. The van der Waals surface area contributed by atoms with Gasteiger partial charge in [0.2, 0.25) is 0 Å². The monoisotopic (exact) mass is 325 g/mol. The molecule has 2 heteroatoms. The van der Waals surface area contributed by atoms with E-state index in [0.29, 0.717) is 5.92 Å². The number of hydrogen-bond donors (Lipinski definition) is 0. The van der Waals surface area contributed by atoms with E-state index < -0.39 is 0 Å². The predicted octanol–water partition coefficient (Wildman–Crippen LogP) is 6.15. The Labute approximate surface area is 147 Å². The molecule has 1 unspecified atom stereocenters. The highest BCUT2D eigenvalue weighted by Crippen LogP contribution is 2.25. The molecule has 130 valence electrons. The van der Waals surface area contributed by atoms with E-state index in [0.717, 1.165) is 25.2 Å². The summed E-state index contributed by atoms with van der Waals surface area (Å²) in [4.78, 5) is 4.61. The third-order valence-electron chi connectivity index (χ3n) is 4.53. The van der Waals surface area contributed by atoms with E-state index in [4.69, 9.17) is 4.74 Å². The summed E-state index contributed by atoms with van der Waals surface area (Å²) in [6.45, 7) is 7.47. The molecule has 0 aliphatic heterocycles. The number of nitrogens with zero attached hydrogens (tertiary/aromatic N) is 1. The first-order chi connectivity index (χ1) is 11.7. The predicted molar refractivity (Wildman–Crippen MR) is 102 cm³/mol. The first-order valence-corrected chi connectivity index (χ1v) is 9.42. The molecule has 0 saturated carbocycles. The van der Waals surface area contributed by atoms with E-state index in [9.17, 15) is 0 Å². The third-order valence-corrected chi connectivity index (χ3v) is 4.53. The quantitative estimate of drug-likeness (QED) is 0.489. The van der Waals surface area contributed by atoms with Gasteiger partial charge in [0.1, 0.15) is 5.75 Å². The second kappa shape index (κ2) is 10.1. The molecule has 0 bridgehead atoms. The van der Waals surface area contributed by atoms with Crippen molar-refractivity contribution in [3.63, 3.8) is 0 Å². The van der Waals surface area contributed by atoms with Crippen LogP contribution in [0.4, 0.5) is 0 Å². The van der Waals surface area contributed by atoms with Crippen LogP contribution in [0.2, 0.25) is 0 Å². The number of rotatable bonds is 10. The molecule has 2 nitrogen and oxygen atoms in total. The Hall–Kier alpha value is -1.83. The molecular formula is C22H31NO. The molecule has 0 spiro atoms. The molecule has 24 heavy (non-hydrogen) atoms. The minimum atomic E-state index is 0.354. The summed E-state index contributed by atoms with van der Waals surface area (Å²) in [5, 5.41) is 0. The molecule has 0 N–H and O–H groups in total. The Bertz CT molecular complexity index is 574. The minimum absolute atomic E-state index is 0.354. The van der Waals surface area contributed by atoms with Gasteiger partial charge in [0, 0.05) is 17.8 Å². The van der Waals surface area contributed by atoms with Crippen LogP contribution in [-0.2, 0) is 6.42 Å². The molecular weight excluding hydrogens is 294 g/mol. The highest BCUT2D eigenvalue weighted by molar-refractivity contribution is 5.34. The molecule has 2 rings (SSSR count). The van der Waals surface area contributed by atoms with Gasteiger partial charge in [-0.15, -0.1) is 0 Å². The highest BCUT2D eigenvalue weighted by atomic mass is 16.5. The standard InChI is InChI=1S/C22H31NO/c1-4-6-8-16-24-22-14-11-19(12-15-22)18(3)20-10-13-21(23-17-20)9-7-5-2/h10-15,17-18H,4-9,16H2,1-3H3. The van der Waals surface area contributed by atoms with E-state index in [1.54, 1.807) is 0 Å². The van der Waals surface area contributed by atoms with Gasteiger partial charge in [-0.25, -0.2) is 0 Å². The average Bonchev–Trinajstić information content (AvgIpc) is 2.64. The Morgan fingerprint density at radius 1 is 0.875 bits per heavy atom. The van der Waals surface area contributed by atoms with Crippen LogP contribution in [0.1, 0.15) is 75.6 Å². The summed E-state index contributed by atoms with van der Waals surface area (Å²) in [5.41, 5.74) is 3.77. The van der Waals surface area contributed by atoms with Gasteiger partial charge in [-0.3, -0.25) is 4.98 Å². The lowest BCUT2D eigenvalue weighted by molar-refractivity contribution is 0.306. The molecule has 0 amide bonds. The topological polar surface area (TPSA) is 22.1 Å². The van der Waals surface area contributed by atoms with Crippen molar-refractivity contribution in [3.8, 4) is 5.75 Å². The van der Waals surface area contributed by atoms with Gasteiger partial charge in [0.15, 0.2) is 0 Å². The molecule has 0 radical (unpaired) electrons. The van der Waals surface area contributed by atoms with Crippen LogP contribution in [-0.4, -0.2) is 11.6 Å². The van der Waals surface area contributed by atoms with Crippen LogP contribution < -0.4 is 4.74 Å². The summed E-state index contributed by atoms with van der Waals surface area (Å²) >= 11 is 0. The third kappa shape index (κ3) is 5.67. The van der Waals surface area contributed by atoms with E-state index in [1.807, 2.05) is 6.20 Å². The molecule has 1 aromatic heterocycles. The molecule has 0 saturated heterocycles. The Balaban J connectivity index is 1.92. The molecule has 0 aliphatic rings. The fourth-order valence-corrected chi connectivity index (χ4v) is 2.79. The van der Waals surface area contributed by atoms with Crippen LogP contribution in [0.25, 0.3) is 0 Å². The number of pyridine rings is 1. The number of aromatic nitrogens is 1. The van der Waals surface area contributed by atoms with Crippen molar-refractivity contribution in [1.82, 2.24) is 4.98 Å². The lowest BCUT2D eigenvalue weighted by Gasteiger charge is -2.14. The van der Waals surface area contributed by atoms with Crippen LogP contribution in [0.15, 0.2) is 42.6 Å². The minimum Gasteiger partial charge on any atom is -0.494 e. The van der Waals surface area contributed by atoms with Crippen LogP contribution >= 0.6 is 0 Å². The van der Waals surface area contributed by atoms with Gasteiger partial charge < -0.3 is 4.74 Å². The van der Waals surface area contributed by atoms with Crippen LogP contribution in [0.5, 0.6) is 5.75 Å². The Kier molecular flexibility index (Phi) is 7.81. The fraction of sp³-hybridized carbons (Fsp3) is 0.500. The maximum atomic E-state index is 5.79. The van der Waals surface area contributed by atoms with Crippen molar-refractivity contribution >= 4 is 0 Å². The van der Waals surface area contributed by atoms with Gasteiger partial charge in [0.05, 0.1) is 6.61 Å². The molecule has 2 aromatic rings. The molecule has 1 aromatic carbocycles. The van der Waals surface area contributed by atoms with E-state index in [1.165, 1.54) is 42.5 Å². The highest BCUT2D eigenvalue weighted by Gasteiger charge is 2.09. The number of aryl methyl sites for hydroxylation is 1. The van der Waals surface area contributed by atoms with Crippen LogP contribution in [0.3, 0.4) is 0 Å². The molecule has 0 aliphatic carbocycles. The van der Waals surface area contributed by atoms with E-state index in [2.05, 4.69) is 62.2 Å². The van der Waals surface area contributed by atoms with Gasteiger partial charge >= 0.3 is 0 Å². The van der Waals surface area contributed by atoms with Crippen molar-refractivity contribution in [1.29, 1.82) is 0 Å². The van der Waals surface area contributed by atoms with Gasteiger partial charge in [-0.05, 0) is 48.6 Å². The molecule has 1 atom stereocenters. The zero-order valence-corrected chi connectivity index (χ0v) is 15.4. The number of benzene rings is 1. The lowest BCUT2D eigenvalue weighted by Crippen LogP contribution is -2.00. The Morgan fingerprint density at radius 2 is 1.58 bits per heavy atom. The zero-order chi connectivity index (χ0) is 17.2. The lowest BCUT2D eigenvalue weighted by atomic mass is 9.94. The number of hydrogen-bond acceptors (Lipinski definition) is 2. The second-order valence-corrected chi connectivity index (χ2v) is 6.53. The van der Waals surface area contributed by atoms with Gasteiger partial charge in [-0.2, -0.15) is 0 Å². The second-order valence-electron chi connectivity index (χ2n) is 6.53. The summed E-state index contributed by atoms with van der Waals surface area (Å²) in [6.07, 6.45) is 9.13. The van der Waals surface area contributed by atoms with Crippen molar-refractivity contribution in [2.24, 2.45) is 0 Å². The average molecular weight is 325 g/mol. The normalized spacial score (nSPS) is 12.1. The van der Waals surface area contributed by atoms with Crippen molar-refractivity contribution in [2.75, 3.05) is 6.61 Å². The summed E-state index contributed by atoms with van der Waals surface area (Å²) in [7, 11) is 0. The zero-order valence-electron chi connectivity index (χ0n) is 15.4. The summed E-state index contributed by atoms with van der Waals surface area (Å²) in [5.74, 6) is 1.32. The number of ether oxygens (including phenoxy) is 1. The number of unbranched alkanes of at least 4 members (excludes halogenated alkanes) is 3. The SMILES string of the molecule is CCCCCOc1ccc(C(C)c2ccc(CCCC)nc2)cc1. The van der Waals surface area contributed by atoms with Crippen molar-refractivity contribution in [3.05, 3.63) is 59.4 Å². The van der Waals surface area contributed by atoms with Gasteiger partial charge in [0.25, 0.3) is 0 Å². The fourth-order valence-electron chi connectivity index (χ4n) is 2.79. The molecule has 1 heterocycles.